The van der Waals surface area contributed by atoms with Crippen LogP contribution >= 0.6 is 15.9 Å². The van der Waals surface area contributed by atoms with Gasteiger partial charge in [-0.05, 0) is 46.1 Å². The van der Waals surface area contributed by atoms with E-state index in [1.807, 2.05) is 12.1 Å². The minimum Gasteiger partial charge on any atom is -0.480 e. The minimum atomic E-state index is 0.295. The molecular formula is C14H18BrNO. The molecule has 1 rings (SSSR count). The van der Waals surface area contributed by atoms with Gasteiger partial charge < -0.3 is 10.1 Å². The molecule has 0 radical (unpaired) electrons. The molecule has 0 aliphatic heterocycles. The van der Waals surface area contributed by atoms with Crippen LogP contribution < -0.4 is 10.1 Å². The molecule has 0 spiro atoms. The first kappa shape index (κ1) is 14.1. The molecule has 1 aromatic rings. The average Bonchev–Trinajstić information content (AvgIpc) is 2.27. The van der Waals surface area contributed by atoms with Crippen molar-refractivity contribution in [3.63, 3.8) is 0 Å². The van der Waals surface area contributed by atoms with Crippen LogP contribution in [0.4, 0.5) is 0 Å². The molecule has 0 atom stereocenters. The van der Waals surface area contributed by atoms with Gasteiger partial charge in [0.2, 0.25) is 0 Å². The maximum absolute atomic E-state index is 5.38. The van der Waals surface area contributed by atoms with E-state index in [4.69, 9.17) is 11.2 Å². The summed E-state index contributed by atoms with van der Waals surface area (Å²) in [5.74, 6) is 3.90. The molecule has 0 unspecified atom stereocenters. The molecule has 0 aromatic heterocycles. The van der Waals surface area contributed by atoms with E-state index in [1.54, 1.807) is 0 Å². The van der Waals surface area contributed by atoms with E-state index in [-0.39, 0.29) is 0 Å². The molecular weight excluding hydrogens is 278 g/mol. The van der Waals surface area contributed by atoms with E-state index >= 15 is 0 Å². The summed E-state index contributed by atoms with van der Waals surface area (Å²) in [5, 5.41) is 3.40. The molecule has 17 heavy (non-hydrogen) atoms. The number of benzene rings is 1. The first-order valence-electron chi connectivity index (χ1n) is 5.69. The Morgan fingerprint density at radius 3 is 2.82 bits per heavy atom. The monoisotopic (exact) mass is 295 g/mol. The molecule has 0 aliphatic carbocycles. The van der Waals surface area contributed by atoms with E-state index in [2.05, 4.69) is 47.1 Å². The lowest BCUT2D eigenvalue weighted by Crippen LogP contribution is -2.18. The summed E-state index contributed by atoms with van der Waals surface area (Å²) >= 11 is 3.48. The summed E-state index contributed by atoms with van der Waals surface area (Å²) < 4.78 is 6.32. The van der Waals surface area contributed by atoms with E-state index in [0.717, 1.165) is 23.3 Å². The summed E-state index contributed by atoms with van der Waals surface area (Å²) in [5.41, 5.74) is 1.23. The lowest BCUT2D eigenvalue weighted by molar-refractivity contribution is 0.368. The Hall–Kier alpha value is -0.980. The van der Waals surface area contributed by atoms with Gasteiger partial charge in [-0.15, -0.1) is 6.42 Å². The highest BCUT2D eigenvalue weighted by atomic mass is 79.9. The number of terminal acetylenes is 1. The van der Waals surface area contributed by atoms with Crippen molar-refractivity contribution in [1.29, 1.82) is 0 Å². The molecule has 92 valence electrons. The first-order chi connectivity index (χ1) is 8.13. The van der Waals surface area contributed by atoms with Gasteiger partial charge >= 0.3 is 0 Å². The number of nitrogens with one attached hydrogen (secondary N) is 1. The van der Waals surface area contributed by atoms with Crippen LogP contribution in [0.2, 0.25) is 0 Å². The van der Waals surface area contributed by atoms with Crippen LogP contribution in [0.25, 0.3) is 0 Å². The molecule has 0 heterocycles. The van der Waals surface area contributed by atoms with Gasteiger partial charge in [0.15, 0.2) is 0 Å². The third-order valence-electron chi connectivity index (χ3n) is 2.19. The van der Waals surface area contributed by atoms with E-state index in [0.29, 0.717) is 12.5 Å². The van der Waals surface area contributed by atoms with Crippen molar-refractivity contribution in [3.8, 4) is 18.1 Å². The summed E-state index contributed by atoms with van der Waals surface area (Å²) in [6.07, 6.45) is 5.15. The van der Waals surface area contributed by atoms with Crippen LogP contribution in [0.5, 0.6) is 5.75 Å². The molecule has 0 bridgehead atoms. The Morgan fingerprint density at radius 2 is 2.24 bits per heavy atom. The predicted molar refractivity (Wildman–Crippen MR) is 75.0 cm³/mol. The molecule has 0 saturated heterocycles. The molecule has 1 aromatic carbocycles. The highest BCUT2D eigenvalue weighted by Gasteiger charge is 2.02. The smallest absolute Gasteiger partial charge is 0.148 e. The fourth-order valence-electron chi connectivity index (χ4n) is 1.40. The van der Waals surface area contributed by atoms with Crippen LogP contribution in [0.15, 0.2) is 22.7 Å². The van der Waals surface area contributed by atoms with Crippen molar-refractivity contribution in [2.75, 3.05) is 13.2 Å². The third-order valence-corrected chi connectivity index (χ3v) is 2.81. The average molecular weight is 296 g/mol. The zero-order chi connectivity index (χ0) is 12.7. The SMILES string of the molecule is C#CCOc1ccc(CNCC(C)C)cc1Br. The van der Waals surface area contributed by atoms with Crippen molar-refractivity contribution in [1.82, 2.24) is 5.32 Å². The lowest BCUT2D eigenvalue weighted by Gasteiger charge is -2.10. The Labute approximate surface area is 112 Å². The topological polar surface area (TPSA) is 21.3 Å². The molecule has 0 aliphatic rings. The van der Waals surface area contributed by atoms with Gasteiger partial charge in [-0.1, -0.05) is 25.8 Å². The zero-order valence-electron chi connectivity index (χ0n) is 10.3. The van der Waals surface area contributed by atoms with E-state index in [1.165, 1.54) is 5.56 Å². The second kappa shape index (κ2) is 7.37. The summed E-state index contributed by atoms with van der Waals surface area (Å²) in [6, 6.07) is 6.04. The van der Waals surface area contributed by atoms with Crippen molar-refractivity contribution >= 4 is 15.9 Å². The van der Waals surface area contributed by atoms with Crippen LogP contribution in [0.1, 0.15) is 19.4 Å². The minimum absolute atomic E-state index is 0.295. The van der Waals surface area contributed by atoms with Crippen LogP contribution in [-0.2, 0) is 6.54 Å². The first-order valence-corrected chi connectivity index (χ1v) is 6.48. The van der Waals surface area contributed by atoms with Crippen LogP contribution in [0.3, 0.4) is 0 Å². The van der Waals surface area contributed by atoms with Crippen LogP contribution in [0, 0.1) is 18.3 Å². The Bertz CT molecular complexity index is 396. The summed E-state index contributed by atoms with van der Waals surface area (Å²) in [4.78, 5) is 0. The Kier molecular flexibility index (Phi) is 6.10. The zero-order valence-corrected chi connectivity index (χ0v) is 11.9. The lowest BCUT2D eigenvalue weighted by atomic mass is 10.2. The van der Waals surface area contributed by atoms with Crippen molar-refractivity contribution in [2.24, 2.45) is 5.92 Å². The fraction of sp³-hybridized carbons (Fsp3) is 0.429. The third kappa shape index (κ3) is 5.25. The summed E-state index contributed by atoms with van der Waals surface area (Å²) in [6.45, 7) is 6.57. The number of hydrogen-bond donors (Lipinski definition) is 1. The van der Waals surface area contributed by atoms with Crippen molar-refractivity contribution in [2.45, 2.75) is 20.4 Å². The largest absolute Gasteiger partial charge is 0.480 e. The fourth-order valence-corrected chi connectivity index (χ4v) is 1.94. The summed E-state index contributed by atoms with van der Waals surface area (Å²) in [7, 11) is 0. The van der Waals surface area contributed by atoms with Gasteiger partial charge in [-0.2, -0.15) is 0 Å². The van der Waals surface area contributed by atoms with Crippen LogP contribution in [-0.4, -0.2) is 13.2 Å². The van der Waals surface area contributed by atoms with E-state index < -0.39 is 0 Å². The molecule has 2 nitrogen and oxygen atoms in total. The van der Waals surface area contributed by atoms with E-state index in [9.17, 15) is 0 Å². The number of rotatable bonds is 6. The second-order valence-electron chi connectivity index (χ2n) is 4.28. The van der Waals surface area contributed by atoms with Crippen molar-refractivity contribution < 1.29 is 4.74 Å². The number of ether oxygens (including phenoxy) is 1. The van der Waals surface area contributed by atoms with Gasteiger partial charge in [-0.3, -0.25) is 0 Å². The van der Waals surface area contributed by atoms with Gasteiger partial charge in [0.25, 0.3) is 0 Å². The quantitative estimate of drug-likeness (QED) is 0.814. The number of halogens is 1. The van der Waals surface area contributed by atoms with Gasteiger partial charge in [0.05, 0.1) is 4.47 Å². The van der Waals surface area contributed by atoms with Gasteiger partial charge in [0, 0.05) is 6.54 Å². The van der Waals surface area contributed by atoms with Crippen molar-refractivity contribution in [3.05, 3.63) is 28.2 Å². The molecule has 1 N–H and O–H groups in total. The Morgan fingerprint density at radius 1 is 1.47 bits per heavy atom. The predicted octanol–water partition coefficient (Wildman–Crippen LogP) is 3.21. The van der Waals surface area contributed by atoms with Gasteiger partial charge in [-0.25, -0.2) is 0 Å². The maximum atomic E-state index is 5.38. The molecule has 3 heteroatoms. The highest BCUT2D eigenvalue weighted by Crippen LogP contribution is 2.25. The second-order valence-corrected chi connectivity index (χ2v) is 5.14. The highest BCUT2D eigenvalue weighted by molar-refractivity contribution is 9.10. The normalized spacial score (nSPS) is 10.3. The standard InChI is InChI=1S/C14H18BrNO/c1-4-7-17-14-6-5-12(8-13(14)15)10-16-9-11(2)3/h1,5-6,8,11,16H,7,9-10H2,2-3H3. The molecule has 0 fully saturated rings. The van der Waals surface area contributed by atoms with Gasteiger partial charge in [0.1, 0.15) is 12.4 Å². The Balaban J connectivity index is 2.53. The molecule has 0 saturated carbocycles. The molecule has 0 amide bonds. The maximum Gasteiger partial charge on any atom is 0.148 e. The number of hydrogen-bond acceptors (Lipinski definition) is 2.